The van der Waals surface area contributed by atoms with Crippen LogP contribution in [0.4, 0.5) is 5.69 Å². The van der Waals surface area contributed by atoms with Crippen molar-refractivity contribution in [3.05, 3.63) is 124 Å². The van der Waals surface area contributed by atoms with E-state index in [-0.39, 0.29) is 29.8 Å². The summed E-state index contributed by atoms with van der Waals surface area (Å²) in [6.07, 6.45) is 2.18. The summed E-state index contributed by atoms with van der Waals surface area (Å²) >= 11 is 5.02. The first kappa shape index (κ1) is 34.3. The van der Waals surface area contributed by atoms with E-state index in [1.54, 1.807) is 36.4 Å². The molecule has 0 spiro atoms. The molecule has 0 saturated carbocycles. The molecule has 0 saturated heterocycles. The fraction of sp³-hybridized carbons (Fsp3) is 0.257. The van der Waals surface area contributed by atoms with Crippen molar-refractivity contribution < 1.29 is 18.0 Å². The molecule has 0 aliphatic heterocycles. The number of rotatable bonds is 13. The van der Waals surface area contributed by atoms with Gasteiger partial charge in [0.1, 0.15) is 12.6 Å². The molecule has 7 nitrogen and oxygen atoms in total. The number of halogens is 1. The van der Waals surface area contributed by atoms with Gasteiger partial charge in [-0.15, -0.1) is 11.8 Å². The highest BCUT2D eigenvalue weighted by Gasteiger charge is 2.34. The lowest BCUT2D eigenvalue weighted by Crippen LogP contribution is -2.54. The van der Waals surface area contributed by atoms with Crippen LogP contribution in [-0.4, -0.2) is 50.0 Å². The maximum Gasteiger partial charge on any atom is 0.264 e. The van der Waals surface area contributed by atoms with Crippen LogP contribution >= 0.6 is 27.7 Å². The zero-order chi connectivity index (χ0) is 32.6. The normalized spacial score (nSPS) is 12.0. The van der Waals surface area contributed by atoms with Crippen LogP contribution in [-0.2, 0) is 32.6 Å². The molecule has 0 bridgehead atoms. The predicted molar refractivity (Wildman–Crippen MR) is 186 cm³/mol. The number of hydrogen-bond acceptors (Lipinski definition) is 5. The number of nitrogens with one attached hydrogen (secondary N) is 1. The summed E-state index contributed by atoms with van der Waals surface area (Å²) in [6.45, 7) is 5.25. The molecule has 236 valence electrons. The number of benzene rings is 4. The third-order valence-corrected chi connectivity index (χ3v) is 10.2. The Labute approximate surface area is 279 Å². The largest absolute Gasteiger partial charge is 0.352 e. The third-order valence-electron chi connectivity index (χ3n) is 7.19. The number of thioether (sulfide) groups is 1. The Bertz CT molecular complexity index is 1700. The van der Waals surface area contributed by atoms with Crippen LogP contribution in [0.1, 0.15) is 30.5 Å². The van der Waals surface area contributed by atoms with Crippen LogP contribution in [0.15, 0.2) is 117 Å². The van der Waals surface area contributed by atoms with Gasteiger partial charge in [-0.05, 0) is 86.7 Å². The lowest BCUT2D eigenvalue weighted by Gasteiger charge is -2.34. The van der Waals surface area contributed by atoms with Crippen molar-refractivity contribution in [3.8, 4) is 0 Å². The summed E-state index contributed by atoms with van der Waals surface area (Å²) in [6, 6.07) is 29.6. The van der Waals surface area contributed by atoms with Gasteiger partial charge in [-0.1, -0.05) is 76.1 Å². The number of carbonyl (C=O) groups is 2. The minimum absolute atomic E-state index is 0.0746. The zero-order valence-electron chi connectivity index (χ0n) is 25.8. The molecule has 4 rings (SSSR count). The molecule has 1 unspecified atom stereocenters. The molecule has 0 radical (unpaired) electrons. The molecule has 4 aromatic rings. The van der Waals surface area contributed by atoms with E-state index in [1.165, 1.54) is 16.7 Å². The van der Waals surface area contributed by atoms with Crippen LogP contribution < -0.4 is 9.62 Å². The number of amides is 2. The SMILES string of the molecule is CSc1ccc(S(=O)(=O)N(CC(=O)N(Cc2cccc(Br)c2)C(Cc2ccccc2)C(=O)NC(C)C)c2ccc(C)cc2)cc1. The third kappa shape index (κ3) is 9.22. The van der Waals surface area contributed by atoms with Crippen LogP contribution in [0.25, 0.3) is 0 Å². The fourth-order valence-corrected chi connectivity index (χ4v) is 7.15. The molecule has 0 aliphatic carbocycles. The molecule has 10 heteroatoms. The molecule has 4 aromatic carbocycles. The lowest BCUT2D eigenvalue weighted by atomic mass is 10.0. The Morgan fingerprint density at radius 2 is 1.51 bits per heavy atom. The van der Waals surface area contributed by atoms with Crippen molar-refractivity contribution in [3.63, 3.8) is 0 Å². The minimum atomic E-state index is -4.16. The Morgan fingerprint density at radius 1 is 0.867 bits per heavy atom. The van der Waals surface area contributed by atoms with E-state index < -0.39 is 28.5 Å². The molecule has 45 heavy (non-hydrogen) atoms. The molecular weight excluding hydrogens is 670 g/mol. The van der Waals surface area contributed by atoms with Gasteiger partial charge in [-0.3, -0.25) is 13.9 Å². The highest BCUT2D eigenvalue weighted by Crippen LogP contribution is 2.27. The average Bonchev–Trinajstić information content (AvgIpc) is 3.02. The Kier molecular flexibility index (Phi) is 11.9. The number of nitrogens with zero attached hydrogens (tertiary/aromatic N) is 2. The quantitative estimate of drug-likeness (QED) is 0.154. The molecule has 2 amide bonds. The van der Waals surface area contributed by atoms with Crippen molar-refractivity contribution in [2.45, 2.75) is 55.6 Å². The number of aryl methyl sites for hydroxylation is 1. The van der Waals surface area contributed by atoms with Gasteiger partial charge in [0.15, 0.2) is 0 Å². The van der Waals surface area contributed by atoms with Gasteiger partial charge in [0, 0.05) is 28.4 Å². The van der Waals surface area contributed by atoms with E-state index in [0.29, 0.717) is 5.69 Å². The Morgan fingerprint density at radius 3 is 2.11 bits per heavy atom. The molecule has 1 atom stereocenters. The van der Waals surface area contributed by atoms with Crippen molar-refractivity contribution >= 4 is 55.2 Å². The predicted octanol–water partition coefficient (Wildman–Crippen LogP) is 6.84. The van der Waals surface area contributed by atoms with E-state index >= 15 is 0 Å². The first-order valence-electron chi connectivity index (χ1n) is 14.6. The maximum atomic E-state index is 14.5. The van der Waals surface area contributed by atoms with E-state index in [0.717, 1.165) is 30.4 Å². The van der Waals surface area contributed by atoms with E-state index in [2.05, 4.69) is 21.2 Å². The van der Waals surface area contributed by atoms with Gasteiger partial charge in [0.05, 0.1) is 10.6 Å². The highest BCUT2D eigenvalue weighted by molar-refractivity contribution is 9.10. The van der Waals surface area contributed by atoms with E-state index in [4.69, 9.17) is 0 Å². The Hall–Kier alpha value is -3.60. The summed E-state index contributed by atoms with van der Waals surface area (Å²) in [5.41, 5.74) is 2.99. The minimum Gasteiger partial charge on any atom is -0.352 e. The number of carbonyl (C=O) groups excluding carboxylic acids is 2. The van der Waals surface area contributed by atoms with Crippen LogP contribution in [0.2, 0.25) is 0 Å². The number of hydrogen-bond donors (Lipinski definition) is 1. The van der Waals surface area contributed by atoms with E-state index in [9.17, 15) is 18.0 Å². The van der Waals surface area contributed by atoms with Gasteiger partial charge < -0.3 is 10.2 Å². The van der Waals surface area contributed by atoms with Crippen molar-refractivity contribution in [2.24, 2.45) is 0 Å². The lowest BCUT2D eigenvalue weighted by molar-refractivity contribution is -0.140. The molecule has 0 fully saturated rings. The van der Waals surface area contributed by atoms with Crippen LogP contribution in [0.3, 0.4) is 0 Å². The van der Waals surface area contributed by atoms with Crippen molar-refractivity contribution in [2.75, 3.05) is 17.1 Å². The Balaban J connectivity index is 1.80. The second-order valence-electron chi connectivity index (χ2n) is 11.0. The van der Waals surface area contributed by atoms with Gasteiger partial charge in [-0.25, -0.2) is 8.42 Å². The average molecular weight is 709 g/mol. The fourth-order valence-electron chi connectivity index (χ4n) is 4.88. The van der Waals surface area contributed by atoms with Crippen molar-refractivity contribution in [1.82, 2.24) is 10.2 Å². The summed E-state index contributed by atoms with van der Waals surface area (Å²) in [5.74, 6) is -0.811. The first-order valence-corrected chi connectivity index (χ1v) is 18.1. The van der Waals surface area contributed by atoms with Gasteiger partial charge >= 0.3 is 0 Å². The smallest absolute Gasteiger partial charge is 0.264 e. The van der Waals surface area contributed by atoms with Crippen molar-refractivity contribution in [1.29, 1.82) is 0 Å². The molecule has 0 heterocycles. The highest BCUT2D eigenvalue weighted by atomic mass is 79.9. The summed E-state index contributed by atoms with van der Waals surface area (Å²) in [4.78, 5) is 30.8. The monoisotopic (exact) mass is 707 g/mol. The molecule has 0 aliphatic rings. The van der Waals surface area contributed by atoms with Crippen LogP contribution in [0, 0.1) is 6.92 Å². The second kappa shape index (κ2) is 15.6. The molecule has 0 aromatic heterocycles. The molecule has 1 N–H and O–H groups in total. The maximum absolute atomic E-state index is 14.5. The topological polar surface area (TPSA) is 86.8 Å². The zero-order valence-corrected chi connectivity index (χ0v) is 29.0. The van der Waals surface area contributed by atoms with Gasteiger partial charge in [0.2, 0.25) is 11.8 Å². The van der Waals surface area contributed by atoms with E-state index in [1.807, 2.05) is 93.8 Å². The van der Waals surface area contributed by atoms with Gasteiger partial charge in [0.25, 0.3) is 10.0 Å². The first-order chi connectivity index (χ1) is 21.5. The van der Waals surface area contributed by atoms with Crippen LogP contribution in [0.5, 0.6) is 0 Å². The summed E-state index contributed by atoms with van der Waals surface area (Å²) in [7, 11) is -4.16. The standard InChI is InChI=1S/C35H38BrN3O4S2/c1-25(2)37-35(41)33(22-27-9-6-5-7-10-27)38(23-28-11-8-12-29(36)21-28)34(40)24-39(30-15-13-26(3)14-16-30)45(42,43)32-19-17-31(44-4)18-20-32/h5-21,25,33H,22-24H2,1-4H3,(H,37,41). The summed E-state index contributed by atoms with van der Waals surface area (Å²) in [5, 5.41) is 2.98. The number of sulfonamides is 1. The number of anilines is 1. The van der Waals surface area contributed by atoms with Gasteiger partial charge in [-0.2, -0.15) is 0 Å². The summed E-state index contributed by atoms with van der Waals surface area (Å²) < 4.78 is 30.3. The molecular formula is C35H38BrN3O4S2. The second-order valence-corrected chi connectivity index (χ2v) is 14.7.